The molecule has 0 unspecified atom stereocenters. The zero-order chi connectivity index (χ0) is 17.6. The first-order valence-corrected chi connectivity index (χ1v) is 9.55. The lowest BCUT2D eigenvalue weighted by Gasteiger charge is -2.28. The molecule has 0 amide bonds. The Labute approximate surface area is 160 Å². The van der Waals surface area contributed by atoms with Gasteiger partial charge in [-0.05, 0) is 30.5 Å². The lowest BCUT2D eigenvalue weighted by molar-refractivity contribution is 0.0597. The third-order valence-corrected chi connectivity index (χ3v) is 5.12. The number of rotatable bonds is 3. The van der Waals surface area contributed by atoms with E-state index in [1.54, 1.807) is 0 Å². The summed E-state index contributed by atoms with van der Waals surface area (Å²) in [6.07, 6.45) is 5.51. The van der Waals surface area contributed by atoms with E-state index in [1.165, 1.54) is 12.8 Å². The van der Waals surface area contributed by atoms with E-state index in [2.05, 4.69) is 23.0 Å². The van der Waals surface area contributed by atoms with E-state index in [0.29, 0.717) is 4.99 Å². The Morgan fingerprint density at radius 2 is 1.88 bits per heavy atom. The number of halogens is 1. The summed E-state index contributed by atoms with van der Waals surface area (Å²) in [7, 11) is 2.09. The molecule has 2 saturated heterocycles. The highest BCUT2D eigenvalue weighted by atomic mass is 35.5. The van der Waals surface area contributed by atoms with E-state index in [0.717, 1.165) is 61.3 Å². The highest BCUT2D eigenvalue weighted by molar-refractivity contribution is 7.81. The zero-order valence-corrected chi connectivity index (χ0v) is 16.2. The molecule has 2 fully saturated rings. The minimum atomic E-state index is 0.637. The van der Waals surface area contributed by atoms with Gasteiger partial charge in [-0.15, -0.1) is 0 Å². The molecular weight excluding hydrogens is 354 g/mol. The third kappa shape index (κ3) is 5.03. The highest BCUT2D eigenvalue weighted by Gasteiger charge is 2.16. The molecule has 0 spiro atoms. The topological polar surface area (TPSA) is 28.1 Å². The Morgan fingerprint density at radius 3 is 2.56 bits per heavy atom. The second kappa shape index (κ2) is 8.79. The van der Waals surface area contributed by atoms with Crippen molar-refractivity contribution in [2.45, 2.75) is 19.3 Å². The third-order valence-electron chi connectivity index (χ3n) is 4.56. The summed E-state index contributed by atoms with van der Waals surface area (Å²) in [5.74, 6) is 1.08. The standard InChI is InChI=1S/C19H24ClN3OS/c1-22-9-3-2-4-18(22)21-19(25)17(14-23-10-12-24-13-11-23)15-5-7-16(20)8-6-15/h5-8,14H,2-4,9-13H2,1H3/b17-14-,21-18?. The molecule has 2 heterocycles. The lowest BCUT2D eigenvalue weighted by Crippen LogP contribution is -2.33. The van der Waals surface area contributed by atoms with Gasteiger partial charge in [-0.25, -0.2) is 4.99 Å². The van der Waals surface area contributed by atoms with Crippen LogP contribution in [-0.2, 0) is 4.74 Å². The van der Waals surface area contributed by atoms with Crippen molar-refractivity contribution >= 4 is 40.2 Å². The van der Waals surface area contributed by atoms with Crippen LogP contribution in [0.1, 0.15) is 24.8 Å². The van der Waals surface area contributed by atoms with Crippen molar-refractivity contribution < 1.29 is 4.74 Å². The fourth-order valence-electron chi connectivity index (χ4n) is 3.04. The van der Waals surface area contributed by atoms with Crippen LogP contribution in [0.15, 0.2) is 35.5 Å². The van der Waals surface area contributed by atoms with E-state index in [-0.39, 0.29) is 0 Å². The molecule has 25 heavy (non-hydrogen) atoms. The summed E-state index contributed by atoms with van der Waals surface area (Å²) in [6, 6.07) is 7.80. The van der Waals surface area contributed by atoms with Crippen molar-refractivity contribution in [3.8, 4) is 0 Å². The maximum absolute atomic E-state index is 6.05. The van der Waals surface area contributed by atoms with E-state index < -0.39 is 0 Å². The SMILES string of the molecule is CN1CCCCC1=NC(=S)/C(=C\N1CCOCC1)c1ccc(Cl)cc1. The van der Waals surface area contributed by atoms with Gasteiger partial charge < -0.3 is 14.5 Å². The average molecular weight is 378 g/mol. The number of likely N-dealkylation sites (tertiary alicyclic amines) is 1. The van der Waals surface area contributed by atoms with Crippen molar-refractivity contribution in [3.63, 3.8) is 0 Å². The molecule has 0 aliphatic carbocycles. The van der Waals surface area contributed by atoms with Crippen molar-refractivity contribution in [2.75, 3.05) is 39.9 Å². The first kappa shape index (κ1) is 18.4. The number of aliphatic imine (C=N–C) groups is 1. The number of amidine groups is 1. The zero-order valence-electron chi connectivity index (χ0n) is 14.6. The van der Waals surface area contributed by atoms with Crippen LogP contribution >= 0.6 is 23.8 Å². The first-order valence-electron chi connectivity index (χ1n) is 8.76. The van der Waals surface area contributed by atoms with E-state index in [1.807, 2.05) is 24.3 Å². The van der Waals surface area contributed by atoms with Crippen LogP contribution < -0.4 is 0 Å². The Kier molecular flexibility index (Phi) is 6.45. The molecule has 2 aliphatic rings. The lowest BCUT2D eigenvalue weighted by atomic mass is 10.1. The smallest absolute Gasteiger partial charge is 0.137 e. The number of ether oxygens (including phenoxy) is 1. The predicted octanol–water partition coefficient (Wildman–Crippen LogP) is 3.85. The Balaban J connectivity index is 1.89. The molecule has 0 N–H and O–H groups in total. The Morgan fingerprint density at radius 1 is 1.16 bits per heavy atom. The maximum atomic E-state index is 6.05. The van der Waals surface area contributed by atoms with E-state index in [9.17, 15) is 0 Å². The van der Waals surface area contributed by atoms with Crippen LogP contribution in [-0.4, -0.2) is 60.5 Å². The Hall–Kier alpha value is -1.43. The molecule has 0 aromatic heterocycles. The fraction of sp³-hybridized carbons (Fsp3) is 0.474. The van der Waals surface area contributed by atoms with Gasteiger partial charge in [0.1, 0.15) is 10.8 Å². The van der Waals surface area contributed by atoms with Gasteiger partial charge in [0.25, 0.3) is 0 Å². The van der Waals surface area contributed by atoms with Gasteiger partial charge in [-0.3, -0.25) is 0 Å². The highest BCUT2D eigenvalue weighted by Crippen LogP contribution is 2.22. The summed E-state index contributed by atoms with van der Waals surface area (Å²) in [6.45, 7) is 4.28. The van der Waals surface area contributed by atoms with Crippen molar-refractivity contribution in [2.24, 2.45) is 4.99 Å². The van der Waals surface area contributed by atoms with Crippen molar-refractivity contribution in [1.29, 1.82) is 0 Å². The second-order valence-electron chi connectivity index (χ2n) is 6.41. The molecule has 0 atom stereocenters. The first-order chi connectivity index (χ1) is 12.1. The summed E-state index contributed by atoms with van der Waals surface area (Å²) in [5.41, 5.74) is 2.02. The van der Waals surface area contributed by atoms with E-state index >= 15 is 0 Å². The summed E-state index contributed by atoms with van der Waals surface area (Å²) in [5, 5.41) is 0.721. The minimum absolute atomic E-state index is 0.637. The molecule has 6 heteroatoms. The summed E-state index contributed by atoms with van der Waals surface area (Å²) >= 11 is 11.8. The monoisotopic (exact) mass is 377 g/mol. The molecule has 1 aromatic carbocycles. The molecule has 134 valence electrons. The van der Waals surface area contributed by atoms with Crippen molar-refractivity contribution in [1.82, 2.24) is 9.80 Å². The van der Waals surface area contributed by atoms with Gasteiger partial charge in [0.2, 0.25) is 0 Å². The van der Waals surface area contributed by atoms with E-state index in [4.69, 9.17) is 33.5 Å². The molecule has 0 bridgehead atoms. The predicted molar refractivity (Wildman–Crippen MR) is 108 cm³/mol. The fourth-order valence-corrected chi connectivity index (χ4v) is 3.44. The van der Waals surface area contributed by atoms with Gasteiger partial charge in [0, 0.05) is 49.9 Å². The normalized spacial score (nSPS) is 20.9. The Bertz CT molecular complexity index is 666. The molecular formula is C19H24ClN3OS. The maximum Gasteiger partial charge on any atom is 0.137 e. The number of hydrogen-bond acceptors (Lipinski definition) is 3. The van der Waals surface area contributed by atoms with Crippen LogP contribution in [0.25, 0.3) is 5.57 Å². The molecule has 4 nitrogen and oxygen atoms in total. The van der Waals surface area contributed by atoms with Gasteiger partial charge in [-0.2, -0.15) is 0 Å². The number of morpholine rings is 1. The van der Waals surface area contributed by atoms with Crippen LogP contribution in [0.5, 0.6) is 0 Å². The number of nitrogens with zero attached hydrogens (tertiary/aromatic N) is 3. The van der Waals surface area contributed by atoms with Gasteiger partial charge in [0.05, 0.1) is 13.2 Å². The number of piperidine rings is 1. The molecule has 0 radical (unpaired) electrons. The molecule has 0 saturated carbocycles. The van der Waals surface area contributed by atoms with Gasteiger partial charge in [-0.1, -0.05) is 36.0 Å². The number of hydrogen-bond donors (Lipinski definition) is 0. The minimum Gasteiger partial charge on any atom is -0.378 e. The summed E-state index contributed by atoms with van der Waals surface area (Å²) in [4.78, 5) is 9.90. The summed E-state index contributed by atoms with van der Waals surface area (Å²) < 4.78 is 5.44. The molecule has 1 aromatic rings. The number of thiocarbonyl (C=S) groups is 1. The molecule has 3 rings (SSSR count). The second-order valence-corrected chi connectivity index (χ2v) is 7.23. The average Bonchev–Trinajstić information content (AvgIpc) is 2.63. The van der Waals surface area contributed by atoms with Crippen LogP contribution in [0.2, 0.25) is 5.02 Å². The van der Waals surface area contributed by atoms with Gasteiger partial charge in [0.15, 0.2) is 0 Å². The largest absolute Gasteiger partial charge is 0.378 e. The van der Waals surface area contributed by atoms with Gasteiger partial charge >= 0.3 is 0 Å². The molecule has 2 aliphatic heterocycles. The van der Waals surface area contributed by atoms with Crippen LogP contribution in [0, 0.1) is 0 Å². The van der Waals surface area contributed by atoms with Crippen LogP contribution in [0.4, 0.5) is 0 Å². The number of benzene rings is 1. The van der Waals surface area contributed by atoms with Crippen LogP contribution in [0.3, 0.4) is 0 Å². The van der Waals surface area contributed by atoms with Crippen molar-refractivity contribution in [3.05, 3.63) is 41.1 Å². The quantitative estimate of drug-likeness (QED) is 0.590.